The van der Waals surface area contributed by atoms with Crippen molar-refractivity contribution in [3.05, 3.63) is 47.8 Å². The summed E-state index contributed by atoms with van der Waals surface area (Å²) in [6.45, 7) is 11.1. The number of hydrogen-bond acceptors (Lipinski definition) is 5. The van der Waals surface area contributed by atoms with Crippen LogP contribution >= 0.6 is 0 Å². The SMILES string of the molecule is CC(C)(C)OC(=O)c1cccc(-c2cnc3[nH]cc(C(=O)C(C)(C)C)c3n2)c1. The fourth-order valence-corrected chi connectivity index (χ4v) is 2.75. The Bertz CT molecular complexity index is 1050. The van der Waals surface area contributed by atoms with Crippen LogP contribution in [0, 0.1) is 5.41 Å². The number of nitrogens with zero attached hydrogens (tertiary/aromatic N) is 2. The van der Waals surface area contributed by atoms with E-state index in [1.54, 1.807) is 30.6 Å². The maximum atomic E-state index is 12.7. The number of nitrogens with one attached hydrogen (secondary N) is 1. The first-order chi connectivity index (χ1) is 13.0. The predicted molar refractivity (Wildman–Crippen MR) is 108 cm³/mol. The number of rotatable bonds is 3. The van der Waals surface area contributed by atoms with Gasteiger partial charge in [-0.25, -0.2) is 14.8 Å². The van der Waals surface area contributed by atoms with Crippen molar-refractivity contribution in [1.82, 2.24) is 15.0 Å². The van der Waals surface area contributed by atoms with Crippen LogP contribution in [0.3, 0.4) is 0 Å². The summed E-state index contributed by atoms with van der Waals surface area (Å²) in [4.78, 5) is 37.1. The lowest BCUT2D eigenvalue weighted by molar-refractivity contribution is 0.00695. The molecule has 0 bridgehead atoms. The molecule has 1 N–H and O–H groups in total. The van der Waals surface area contributed by atoms with Crippen molar-refractivity contribution in [2.24, 2.45) is 5.41 Å². The van der Waals surface area contributed by atoms with Gasteiger partial charge in [0.15, 0.2) is 11.4 Å². The van der Waals surface area contributed by atoms with Crippen molar-refractivity contribution in [2.75, 3.05) is 0 Å². The van der Waals surface area contributed by atoms with Crippen LogP contribution in [0.5, 0.6) is 0 Å². The lowest BCUT2D eigenvalue weighted by Gasteiger charge is -2.19. The van der Waals surface area contributed by atoms with Crippen molar-refractivity contribution < 1.29 is 14.3 Å². The average molecular weight is 379 g/mol. The van der Waals surface area contributed by atoms with E-state index in [2.05, 4.69) is 15.0 Å². The summed E-state index contributed by atoms with van der Waals surface area (Å²) in [5.41, 5.74) is 2.26. The molecule has 0 saturated heterocycles. The Hall–Kier alpha value is -3.02. The molecular formula is C22H25N3O3. The average Bonchev–Trinajstić information content (AvgIpc) is 3.01. The molecule has 0 amide bonds. The molecular weight excluding hydrogens is 354 g/mol. The van der Waals surface area contributed by atoms with E-state index in [9.17, 15) is 9.59 Å². The summed E-state index contributed by atoms with van der Waals surface area (Å²) >= 11 is 0. The van der Waals surface area contributed by atoms with Gasteiger partial charge in [0.25, 0.3) is 0 Å². The summed E-state index contributed by atoms with van der Waals surface area (Å²) < 4.78 is 5.44. The molecule has 0 aliphatic heterocycles. The Morgan fingerprint density at radius 1 is 1.07 bits per heavy atom. The molecule has 0 fully saturated rings. The largest absolute Gasteiger partial charge is 0.456 e. The number of benzene rings is 1. The number of hydrogen-bond donors (Lipinski definition) is 1. The van der Waals surface area contributed by atoms with Gasteiger partial charge in [0.05, 0.1) is 23.0 Å². The van der Waals surface area contributed by atoms with Crippen LogP contribution in [0.25, 0.3) is 22.4 Å². The van der Waals surface area contributed by atoms with Crippen molar-refractivity contribution >= 4 is 22.9 Å². The van der Waals surface area contributed by atoms with E-state index in [0.29, 0.717) is 28.0 Å². The number of aromatic nitrogens is 3. The van der Waals surface area contributed by atoms with Gasteiger partial charge in [-0.1, -0.05) is 32.9 Å². The molecule has 3 aromatic rings. The fourth-order valence-electron chi connectivity index (χ4n) is 2.75. The molecule has 146 valence electrons. The number of H-pyrrole nitrogens is 1. The van der Waals surface area contributed by atoms with Gasteiger partial charge in [0, 0.05) is 17.2 Å². The van der Waals surface area contributed by atoms with Gasteiger partial charge in [-0.2, -0.15) is 0 Å². The maximum absolute atomic E-state index is 12.7. The minimum absolute atomic E-state index is 0.00675. The van der Waals surface area contributed by atoms with Crippen LogP contribution in [0.2, 0.25) is 0 Å². The molecule has 6 nitrogen and oxygen atoms in total. The van der Waals surface area contributed by atoms with E-state index in [4.69, 9.17) is 4.74 Å². The van der Waals surface area contributed by atoms with Gasteiger partial charge in [-0.05, 0) is 32.9 Å². The van der Waals surface area contributed by atoms with Crippen LogP contribution in [0.15, 0.2) is 36.7 Å². The minimum Gasteiger partial charge on any atom is -0.456 e. The molecule has 28 heavy (non-hydrogen) atoms. The number of ketones is 1. The number of Topliss-reactive ketones (excluding diaryl/α,β-unsaturated/α-hetero) is 1. The molecule has 0 spiro atoms. The third-order valence-corrected chi connectivity index (χ3v) is 4.10. The van der Waals surface area contributed by atoms with Crippen LogP contribution < -0.4 is 0 Å². The van der Waals surface area contributed by atoms with E-state index in [0.717, 1.165) is 5.56 Å². The smallest absolute Gasteiger partial charge is 0.338 e. The molecule has 0 radical (unpaired) electrons. The second-order valence-corrected chi connectivity index (χ2v) is 8.82. The first-order valence-corrected chi connectivity index (χ1v) is 9.18. The normalized spacial score (nSPS) is 12.2. The van der Waals surface area contributed by atoms with E-state index >= 15 is 0 Å². The molecule has 0 aliphatic rings. The highest BCUT2D eigenvalue weighted by Gasteiger charge is 2.26. The number of carbonyl (C=O) groups excluding carboxylic acids is 2. The van der Waals surface area contributed by atoms with Crippen molar-refractivity contribution in [1.29, 1.82) is 0 Å². The Morgan fingerprint density at radius 2 is 1.79 bits per heavy atom. The van der Waals surface area contributed by atoms with Gasteiger partial charge in [0.1, 0.15) is 11.1 Å². The zero-order chi connectivity index (χ0) is 20.7. The molecule has 0 unspecified atom stereocenters. The molecule has 2 heterocycles. The van der Waals surface area contributed by atoms with Crippen molar-refractivity contribution in [2.45, 2.75) is 47.1 Å². The quantitative estimate of drug-likeness (QED) is 0.521. The molecule has 0 aliphatic carbocycles. The van der Waals surface area contributed by atoms with Crippen LogP contribution in [-0.4, -0.2) is 32.3 Å². The molecule has 3 rings (SSSR count). The first-order valence-electron chi connectivity index (χ1n) is 9.18. The van der Waals surface area contributed by atoms with Gasteiger partial charge in [0.2, 0.25) is 0 Å². The second kappa shape index (κ2) is 6.86. The zero-order valence-corrected chi connectivity index (χ0v) is 17.1. The Morgan fingerprint density at radius 3 is 2.43 bits per heavy atom. The van der Waals surface area contributed by atoms with Gasteiger partial charge in [-0.15, -0.1) is 0 Å². The lowest BCUT2D eigenvalue weighted by atomic mass is 9.87. The molecule has 0 saturated carbocycles. The molecule has 0 atom stereocenters. The molecule has 6 heteroatoms. The van der Waals surface area contributed by atoms with Gasteiger partial charge in [-0.3, -0.25) is 4.79 Å². The fraction of sp³-hybridized carbons (Fsp3) is 0.364. The number of carbonyl (C=O) groups is 2. The molecule has 1 aromatic carbocycles. The predicted octanol–water partition coefficient (Wildman–Crippen LogP) is 4.81. The van der Waals surface area contributed by atoms with E-state index < -0.39 is 17.0 Å². The standard InChI is InChI=1S/C22H25N3O3/c1-21(2,3)18(26)15-11-23-19-17(15)25-16(12-24-19)13-8-7-9-14(10-13)20(27)28-22(4,5)6/h7-12H,1-6H3,(H,23,24). The Labute approximate surface area is 164 Å². The van der Waals surface area contributed by atoms with E-state index in [-0.39, 0.29) is 5.78 Å². The summed E-state index contributed by atoms with van der Waals surface area (Å²) in [7, 11) is 0. The number of fused-ring (bicyclic) bond motifs is 1. The number of esters is 1. The maximum Gasteiger partial charge on any atom is 0.338 e. The van der Waals surface area contributed by atoms with Crippen LogP contribution in [0.1, 0.15) is 62.3 Å². The third-order valence-electron chi connectivity index (χ3n) is 4.10. The second-order valence-electron chi connectivity index (χ2n) is 8.82. The van der Waals surface area contributed by atoms with E-state index in [1.165, 1.54) is 0 Å². The Kier molecular flexibility index (Phi) is 4.83. The third kappa shape index (κ3) is 4.11. The van der Waals surface area contributed by atoms with E-state index in [1.807, 2.05) is 47.6 Å². The summed E-state index contributed by atoms with van der Waals surface area (Å²) in [5, 5.41) is 0. The van der Waals surface area contributed by atoms with Crippen molar-refractivity contribution in [3.8, 4) is 11.3 Å². The minimum atomic E-state index is -0.570. The highest BCUT2D eigenvalue weighted by molar-refractivity contribution is 6.08. The Balaban J connectivity index is 2.02. The highest BCUT2D eigenvalue weighted by atomic mass is 16.6. The first kappa shape index (κ1) is 19.7. The van der Waals surface area contributed by atoms with Gasteiger partial charge >= 0.3 is 5.97 Å². The number of ether oxygens (including phenoxy) is 1. The topological polar surface area (TPSA) is 84.9 Å². The van der Waals surface area contributed by atoms with Crippen LogP contribution in [-0.2, 0) is 4.74 Å². The monoisotopic (exact) mass is 379 g/mol. The summed E-state index contributed by atoms with van der Waals surface area (Å²) in [6.07, 6.45) is 3.28. The summed E-state index contributed by atoms with van der Waals surface area (Å²) in [5.74, 6) is -0.402. The van der Waals surface area contributed by atoms with Crippen molar-refractivity contribution in [3.63, 3.8) is 0 Å². The summed E-state index contributed by atoms with van der Waals surface area (Å²) in [6, 6.07) is 7.05. The number of aromatic amines is 1. The van der Waals surface area contributed by atoms with Crippen LogP contribution in [0.4, 0.5) is 0 Å². The highest BCUT2D eigenvalue weighted by Crippen LogP contribution is 2.27. The zero-order valence-electron chi connectivity index (χ0n) is 17.1. The molecule has 2 aromatic heterocycles. The lowest BCUT2D eigenvalue weighted by Crippen LogP contribution is -2.23. The van der Waals surface area contributed by atoms with Gasteiger partial charge < -0.3 is 9.72 Å².